The number of methoxy groups -OCH3 is 2. The van der Waals surface area contributed by atoms with Crippen molar-refractivity contribution >= 4 is 17.6 Å². The third-order valence-corrected chi connectivity index (χ3v) is 5.59. The Kier molecular flexibility index (Phi) is 6.18. The van der Waals surface area contributed by atoms with E-state index in [1.54, 1.807) is 14.2 Å². The maximum absolute atomic E-state index is 6.00. The maximum atomic E-state index is 6.00. The summed E-state index contributed by atoms with van der Waals surface area (Å²) in [6.07, 6.45) is 2.11. The first-order valence-electron chi connectivity index (χ1n) is 10.4. The molecule has 2 heterocycles. The van der Waals surface area contributed by atoms with Gasteiger partial charge in [0.15, 0.2) is 0 Å². The minimum Gasteiger partial charge on any atom is -0.497 e. The first-order chi connectivity index (χ1) is 15.1. The Hall–Kier alpha value is -3.39. The number of ether oxygens (including phenoxy) is 2. The molecule has 31 heavy (non-hydrogen) atoms. The van der Waals surface area contributed by atoms with E-state index in [2.05, 4.69) is 31.2 Å². The summed E-state index contributed by atoms with van der Waals surface area (Å²) in [4.78, 5) is 15.6. The number of nitrogen functional groups attached to an aromatic ring is 1. The number of aromatic nitrogens is 3. The van der Waals surface area contributed by atoms with Crippen LogP contribution in [0, 0.1) is 6.92 Å². The van der Waals surface area contributed by atoms with Crippen molar-refractivity contribution in [2.45, 2.75) is 32.4 Å². The highest BCUT2D eigenvalue weighted by Gasteiger charge is 2.29. The fourth-order valence-electron chi connectivity index (χ4n) is 4.05. The van der Waals surface area contributed by atoms with Crippen LogP contribution in [0.15, 0.2) is 42.5 Å². The van der Waals surface area contributed by atoms with E-state index in [1.807, 2.05) is 43.3 Å². The highest BCUT2D eigenvalue weighted by atomic mass is 16.5. The second-order valence-corrected chi connectivity index (χ2v) is 7.61. The van der Waals surface area contributed by atoms with Gasteiger partial charge in [-0.25, -0.2) is 0 Å². The normalized spacial score (nSPS) is 16.3. The molecule has 1 saturated heterocycles. The largest absolute Gasteiger partial charge is 0.497 e. The highest BCUT2D eigenvalue weighted by molar-refractivity contribution is 5.58. The number of nitrogens with zero attached hydrogens (tertiary/aromatic N) is 4. The zero-order valence-corrected chi connectivity index (χ0v) is 18.1. The summed E-state index contributed by atoms with van der Waals surface area (Å²) in [5, 5.41) is 3.26. The van der Waals surface area contributed by atoms with E-state index in [1.165, 1.54) is 0 Å². The molecule has 3 N–H and O–H groups in total. The van der Waals surface area contributed by atoms with Crippen molar-refractivity contribution in [2.24, 2.45) is 0 Å². The number of benzene rings is 2. The minimum atomic E-state index is 0.191. The van der Waals surface area contributed by atoms with Crippen LogP contribution in [0.4, 0.5) is 17.6 Å². The number of likely N-dealkylation sites (tertiary alicyclic amines) is 1. The van der Waals surface area contributed by atoms with Crippen molar-refractivity contribution in [1.82, 2.24) is 19.9 Å². The summed E-state index contributed by atoms with van der Waals surface area (Å²) in [6.45, 7) is 3.54. The fraction of sp³-hybridized carbons (Fsp3) is 0.348. The standard InChI is InChI=1S/C23H28N6O2/c1-15-7-4-5-8-18(15)25-23-27-21(26-22(24)28-23)14-29-12-6-9-19(29)17-13-16(30-2)10-11-20(17)31-3/h4-5,7-8,10-11,13,19H,6,9,12,14H2,1-3H3,(H3,24,25,26,27,28)/t19-/m0/s1. The predicted molar refractivity (Wildman–Crippen MR) is 121 cm³/mol. The summed E-state index contributed by atoms with van der Waals surface area (Å²) >= 11 is 0. The average Bonchev–Trinajstić information content (AvgIpc) is 3.22. The van der Waals surface area contributed by atoms with Crippen molar-refractivity contribution < 1.29 is 9.47 Å². The smallest absolute Gasteiger partial charge is 0.232 e. The number of nitrogens with two attached hydrogens (primary N) is 1. The van der Waals surface area contributed by atoms with Gasteiger partial charge in [-0.3, -0.25) is 4.90 Å². The Morgan fingerprint density at radius 1 is 1.10 bits per heavy atom. The third kappa shape index (κ3) is 4.69. The lowest BCUT2D eigenvalue weighted by atomic mass is 10.0. The predicted octanol–water partition coefficient (Wildman–Crippen LogP) is 3.86. The number of aryl methyl sites for hydroxylation is 1. The molecule has 1 aromatic heterocycles. The van der Waals surface area contributed by atoms with Crippen LogP contribution in [0.3, 0.4) is 0 Å². The van der Waals surface area contributed by atoms with E-state index in [0.717, 1.165) is 47.7 Å². The van der Waals surface area contributed by atoms with Crippen LogP contribution in [-0.2, 0) is 6.54 Å². The molecule has 1 aliphatic heterocycles. The third-order valence-electron chi connectivity index (χ3n) is 5.59. The summed E-state index contributed by atoms with van der Waals surface area (Å²) in [7, 11) is 3.37. The molecule has 0 bridgehead atoms. The number of hydrogen-bond donors (Lipinski definition) is 2. The number of rotatable bonds is 7. The zero-order valence-electron chi connectivity index (χ0n) is 18.1. The van der Waals surface area contributed by atoms with Crippen LogP contribution in [0.25, 0.3) is 0 Å². The monoisotopic (exact) mass is 420 g/mol. The molecule has 0 radical (unpaired) electrons. The van der Waals surface area contributed by atoms with Crippen molar-refractivity contribution in [3.8, 4) is 11.5 Å². The van der Waals surface area contributed by atoms with Gasteiger partial charge < -0.3 is 20.5 Å². The van der Waals surface area contributed by atoms with E-state index >= 15 is 0 Å². The van der Waals surface area contributed by atoms with Crippen molar-refractivity contribution in [3.63, 3.8) is 0 Å². The van der Waals surface area contributed by atoms with Gasteiger partial charge in [-0.15, -0.1) is 0 Å². The first-order valence-corrected chi connectivity index (χ1v) is 10.4. The SMILES string of the molecule is COc1ccc(OC)c([C@@H]2CCCN2Cc2nc(N)nc(Nc3ccccc3C)n2)c1. The molecule has 0 unspecified atom stereocenters. The highest BCUT2D eigenvalue weighted by Crippen LogP contribution is 2.39. The van der Waals surface area contributed by atoms with E-state index < -0.39 is 0 Å². The van der Waals surface area contributed by atoms with Crippen molar-refractivity contribution in [2.75, 3.05) is 31.8 Å². The Labute approximate surface area is 182 Å². The van der Waals surface area contributed by atoms with Crippen molar-refractivity contribution in [3.05, 3.63) is 59.4 Å². The summed E-state index contributed by atoms with van der Waals surface area (Å²) < 4.78 is 11.1. The van der Waals surface area contributed by atoms with Gasteiger partial charge in [-0.05, 0) is 56.1 Å². The van der Waals surface area contributed by atoms with Gasteiger partial charge in [0.25, 0.3) is 0 Å². The Bertz CT molecular complexity index is 1060. The second-order valence-electron chi connectivity index (χ2n) is 7.61. The molecule has 0 spiro atoms. The molecule has 162 valence electrons. The summed E-state index contributed by atoms with van der Waals surface area (Å²) in [6, 6.07) is 14.1. The van der Waals surface area contributed by atoms with Crippen LogP contribution in [0.1, 0.15) is 35.8 Å². The van der Waals surface area contributed by atoms with Crippen LogP contribution in [0.2, 0.25) is 0 Å². The molecule has 1 atom stereocenters. The quantitative estimate of drug-likeness (QED) is 0.595. The Morgan fingerprint density at radius 2 is 1.94 bits per heavy atom. The molecule has 2 aromatic carbocycles. The molecule has 4 rings (SSSR count). The lowest BCUT2D eigenvalue weighted by Gasteiger charge is -2.26. The van der Waals surface area contributed by atoms with Crippen LogP contribution >= 0.6 is 0 Å². The molecule has 1 fully saturated rings. The first kappa shape index (κ1) is 20.9. The zero-order chi connectivity index (χ0) is 21.8. The van der Waals surface area contributed by atoms with E-state index in [-0.39, 0.29) is 12.0 Å². The minimum absolute atomic E-state index is 0.191. The number of hydrogen-bond acceptors (Lipinski definition) is 8. The van der Waals surface area contributed by atoms with Gasteiger partial charge in [-0.2, -0.15) is 15.0 Å². The Morgan fingerprint density at radius 3 is 2.71 bits per heavy atom. The van der Waals surface area contributed by atoms with Crippen LogP contribution in [-0.4, -0.2) is 40.6 Å². The van der Waals surface area contributed by atoms with Crippen molar-refractivity contribution in [1.29, 1.82) is 0 Å². The van der Waals surface area contributed by atoms with E-state index in [0.29, 0.717) is 18.3 Å². The van der Waals surface area contributed by atoms with Gasteiger partial charge in [0.1, 0.15) is 17.3 Å². The van der Waals surface area contributed by atoms with Gasteiger partial charge in [0.05, 0.1) is 20.8 Å². The summed E-state index contributed by atoms with van der Waals surface area (Å²) in [5.74, 6) is 2.96. The molecule has 0 aliphatic carbocycles. The number of para-hydroxylation sites is 1. The number of anilines is 3. The molecule has 0 saturated carbocycles. The molecule has 0 amide bonds. The molecule has 1 aliphatic rings. The Balaban J connectivity index is 1.57. The van der Waals surface area contributed by atoms with Crippen LogP contribution < -0.4 is 20.5 Å². The molecule has 3 aromatic rings. The lowest BCUT2D eigenvalue weighted by molar-refractivity contribution is 0.236. The van der Waals surface area contributed by atoms with Gasteiger partial charge in [0, 0.05) is 17.3 Å². The maximum Gasteiger partial charge on any atom is 0.232 e. The molecule has 8 heteroatoms. The van der Waals surface area contributed by atoms with E-state index in [9.17, 15) is 0 Å². The topological polar surface area (TPSA) is 98.4 Å². The number of nitrogens with one attached hydrogen (secondary N) is 1. The fourth-order valence-corrected chi connectivity index (χ4v) is 4.05. The van der Waals surface area contributed by atoms with E-state index in [4.69, 9.17) is 15.2 Å². The average molecular weight is 421 g/mol. The van der Waals surface area contributed by atoms with Gasteiger partial charge in [-0.1, -0.05) is 18.2 Å². The van der Waals surface area contributed by atoms with Gasteiger partial charge >= 0.3 is 0 Å². The molecular formula is C23H28N6O2. The summed E-state index contributed by atoms with van der Waals surface area (Å²) in [5.41, 5.74) is 9.16. The lowest BCUT2D eigenvalue weighted by Crippen LogP contribution is -2.25. The molecule has 8 nitrogen and oxygen atoms in total. The van der Waals surface area contributed by atoms with Gasteiger partial charge in [0.2, 0.25) is 11.9 Å². The second kappa shape index (κ2) is 9.18. The molecular weight excluding hydrogens is 392 g/mol. The van der Waals surface area contributed by atoms with Crippen LogP contribution in [0.5, 0.6) is 11.5 Å².